The smallest absolute Gasteiger partial charge is 0.193 e. The quantitative estimate of drug-likeness (QED) is 0.506. The van der Waals surface area contributed by atoms with Gasteiger partial charge in [0, 0.05) is 14.0 Å². The van der Waals surface area contributed by atoms with Gasteiger partial charge in [-0.1, -0.05) is 13.3 Å². The molecule has 2 unspecified atom stereocenters. The van der Waals surface area contributed by atoms with E-state index in [1.807, 2.05) is 6.92 Å². The fourth-order valence-electron chi connectivity index (χ4n) is 2.85. The first-order valence-corrected chi connectivity index (χ1v) is 7.18. The largest absolute Gasteiger partial charge is 0.356 e. The molecule has 0 spiro atoms. The van der Waals surface area contributed by atoms with E-state index in [1.54, 1.807) is 7.11 Å². The Hall–Kier alpha value is -0.120. The van der Waals surface area contributed by atoms with E-state index in [4.69, 9.17) is 9.47 Å². The first-order chi connectivity index (χ1) is 8.14. The van der Waals surface area contributed by atoms with Crippen LogP contribution in [0.4, 0.5) is 0 Å². The van der Waals surface area contributed by atoms with Gasteiger partial charge in [-0.15, -0.1) is 0 Å². The summed E-state index contributed by atoms with van der Waals surface area (Å²) in [7, 11) is 1.71. The Bertz CT molecular complexity index is 202. The van der Waals surface area contributed by atoms with Crippen LogP contribution >= 0.6 is 0 Å². The monoisotopic (exact) mass is 244 g/mol. The minimum absolute atomic E-state index is 0.0939. The maximum atomic E-state index is 5.99. The highest BCUT2D eigenvalue weighted by Crippen LogP contribution is 2.25. The third kappa shape index (κ3) is 4.23. The Morgan fingerprint density at radius 3 is 2.29 bits per heavy atom. The second kappa shape index (κ2) is 7.34. The first-order valence-electron chi connectivity index (χ1n) is 7.18. The van der Waals surface area contributed by atoms with Crippen LogP contribution in [0, 0.1) is 0 Å². The molecule has 3 nitrogen and oxygen atoms in total. The van der Waals surface area contributed by atoms with E-state index >= 15 is 0 Å². The molecule has 0 aromatic heterocycles. The summed E-state index contributed by atoms with van der Waals surface area (Å²) in [5.74, 6) is 0. The van der Waals surface area contributed by atoms with Crippen molar-refractivity contribution in [2.75, 3.05) is 26.7 Å². The lowest BCUT2D eigenvalue weighted by molar-refractivity contribution is -0.975. The molecule has 2 atom stereocenters. The highest BCUT2D eigenvalue weighted by Gasteiger charge is 2.36. The van der Waals surface area contributed by atoms with Gasteiger partial charge in [0.2, 0.25) is 0 Å². The van der Waals surface area contributed by atoms with Gasteiger partial charge in [0.1, 0.15) is 0 Å². The van der Waals surface area contributed by atoms with Crippen LogP contribution in [0.25, 0.3) is 0 Å². The summed E-state index contributed by atoms with van der Waals surface area (Å²) >= 11 is 0. The fourth-order valence-corrected chi connectivity index (χ4v) is 2.85. The average Bonchev–Trinajstić information content (AvgIpc) is 2.37. The van der Waals surface area contributed by atoms with E-state index < -0.39 is 0 Å². The summed E-state index contributed by atoms with van der Waals surface area (Å²) in [6.45, 7) is 10.3. The lowest BCUT2D eigenvalue weighted by Crippen LogP contribution is -2.59. The van der Waals surface area contributed by atoms with Crippen molar-refractivity contribution in [2.45, 2.75) is 65.4 Å². The highest BCUT2D eigenvalue weighted by atomic mass is 16.7. The van der Waals surface area contributed by atoms with Crippen molar-refractivity contribution in [2.24, 2.45) is 0 Å². The SMILES string of the molecule is CCCC[N+]1(C(C)OC(C)OC)CCCCC1. The van der Waals surface area contributed by atoms with E-state index in [0.29, 0.717) is 0 Å². The van der Waals surface area contributed by atoms with Crippen LogP contribution < -0.4 is 0 Å². The topological polar surface area (TPSA) is 18.5 Å². The molecule has 0 saturated carbocycles. The summed E-state index contributed by atoms with van der Waals surface area (Å²) in [5.41, 5.74) is 0. The van der Waals surface area contributed by atoms with Crippen LogP contribution in [0.1, 0.15) is 52.9 Å². The van der Waals surface area contributed by atoms with E-state index in [0.717, 1.165) is 4.48 Å². The van der Waals surface area contributed by atoms with Crippen molar-refractivity contribution in [3.05, 3.63) is 0 Å². The molecule has 1 aliphatic rings. The van der Waals surface area contributed by atoms with Gasteiger partial charge < -0.3 is 9.47 Å². The van der Waals surface area contributed by atoms with Gasteiger partial charge in [-0.05, 0) is 32.6 Å². The number of unbranched alkanes of at least 4 members (excludes halogenated alkanes) is 1. The molecule has 3 heteroatoms. The van der Waals surface area contributed by atoms with Gasteiger partial charge in [0.05, 0.1) is 19.6 Å². The fraction of sp³-hybridized carbons (Fsp3) is 1.00. The number of likely N-dealkylation sites (tertiary alicyclic amines) is 1. The molecular formula is C14H30NO2+. The predicted molar refractivity (Wildman–Crippen MR) is 70.6 cm³/mol. The minimum Gasteiger partial charge on any atom is -0.356 e. The molecule has 1 fully saturated rings. The molecule has 1 saturated heterocycles. The van der Waals surface area contributed by atoms with Crippen molar-refractivity contribution < 1.29 is 14.0 Å². The third-order valence-corrected chi connectivity index (χ3v) is 4.16. The number of nitrogens with zero attached hydrogens (tertiary/aromatic N) is 1. The number of ether oxygens (including phenoxy) is 2. The van der Waals surface area contributed by atoms with Crippen LogP contribution in [0.15, 0.2) is 0 Å². The summed E-state index contributed by atoms with van der Waals surface area (Å²) in [4.78, 5) is 0. The minimum atomic E-state index is -0.0939. The molecular weight excluding hydrogens is 214 g/mol. The standard InChI is InChI=1S/C14H30NO2/c1-5-6-10-15(11-8-7-9-12-15)13(2)17-14(3)16-4/h13-14H,5-12H2,1-4H3/q+1. The molecule has 0 radical (unpaired) electrons. The van der Waals surface area contributed by atoms with Crippen molar-refractivity contribution in [1.82, 2.24) is 0 Å². The van der Waals surface area contributed by atoms with Crippen molar-refractivity contribution >= 4 is 0 Å². The maximum Gasteiger partial charge on any atom is 0.193 e. The van der Waals surface area contributed by atoms with E-state index in [-0.39, 0.29) is 12.5 Å². The van der Waals surface area contributed by atoms with Crippen LogP contribution in [-0.4, -0.2) is 43.7 Å². The maximum absolute atomic E-state index is 5.99. The normalized spacial score (nSPS) is 23.3. The Morgan fingerprint density at radius 1 is 1.12 bits per heavy atom. The van der Waals surface area contributed by atoms with Gasteiger partial charge in [-0.3, -0.25) is 4.48 Å². The molecule has 0 bridgehead atoms. The van der Waals surface area contributed by atoms with E-state index in [2.05, 4.69) is 13.8 Å². The lowest BCUT2D eigenvalue weighted by atomic mass is 10.1. The second-order valence-corrected chi connectivity index (χ2v) is 5.34. The first kappa shape index (κ1) is 14.9. The van der Waals surface area contributed by atoms with E-state index in [1.165, 1.54) is 51.7 Å². The Labute approximate surface area is 107 Å². The zero-order chi connectivity index (χ0) is 12.7. The molecule has 0 aromatic carbocycles. The molecule has 17 heavy (non-hydrogen) atoms. The van der Waals surface area contributed by atoms with Crippen LogP contribution in [0.5, 0.6) is 0 Å². The van der Waals surface area contributed by atoms with Crippen LogP contribution in [0.2, 0.25) is 0 Å². The summed E-state index contributed by atoms with van der Waals surface area (Å²) in [6.07, 6.45) is 6.82. The van der Waals surface area contributed by atoms with Gasteiger partial charge in [0.25, 0.3) is 0 Å². The Balaban J connectivity index is 2.60. The molecule has 1 rings (SSSR count). The van der Waals surface area contributed by atoms with Gasteiger partial charge >= 0.3 is 0 Å². The summed E-state index contributed by atoms with van der Waals surface area (Å²) < 4.78 is 12.4. The van der Waals surface area contributed by atoms with Crippen LogP contribution in [-0.2, 0) is 9.47 Å². The summed E-state index contributed by atoms with van der Waals surface area (Å²) in [6, 6.07) is 0. The molecule has 102 valence electrons. The number of methoxy groups -OCH3 is 1. The number of hydrogen-bond acceptors (Lipinski definition) is 2. The molecule has 0 amide bonds. The number of quaternary nitrogens is 1. The highest BCUT2D eigenvalue weighted by molar-refractivity contribution is 4.56. The lowest BCUT2D eigenvalue weighted by Gasteiger charge is -2.46. The number of hydrogen-bond donors (Lipinski definition) is 0. The molecule has 1 aliphatic heterocycles. The van der Waals surface area contributed by atoms with Crippen molar-refractivity contribution in [3.63, 3.8) is 0 Å². The zero-order valence-corrected chi connectivity index (χ0v) is 12.1. The Morgan fingerprint density at radius 2 is 1.76 bits per heavy atom. The Kier molecular flexibility index (Phi) is 6.45. The number of piperidine rings is 1. The molecule has 1 heterocycles. The van der Waals surface area contributed by atoms with Gasteiger partial charge in [-0.2, -0.15) is 0 Å². The average molecular weight is 244 g/mol. The van der Waals surface area contributed by atoms with Crippen molar-refractivity contribution in [3.8, 4) is 0 Å². The second-order valence-electron chi connectivity index (χ2n) is 5.34. The third-order valence-electron chi connectivity index (χ3n) is 4.16. The van der Waals surface area contributed by atoms with E-state index in [9.17, 15) is 0 Å². The molecule has 0 aliphatic carbocycles. The van der Waals surface area contributed by atoms with Crippen molar-refractivity contribution in [1.29, 1.82) is 0 Å². The van der Waals surface area contributed by atoms with Gasteiger partial charge in [-0.25, -0.2) is 0 Å². The zero-order valence-electron chi connectivity index (χ0n) is 12.1. The number of rotatable bonds is 7. The van der Waals surface area contributed by atoms with Crippen LogP contribution in [0.3, 0.4) is 0 Å². The summed E-state index contributed by atoms with van der Waals surface area (Å²) in [5, 5.41) is 0. The molecule has 0 N–H and O–H groups in total. The molecule has 0 aromatic rings. The predicted octanol–water partition coefficient (Wildman–Crippen LogP) is 3.14. The van der Waals surface area contributed by atoms with Gasteiger partial charge in [0.15, 0.2) is 12.5 Å².